The number of carbonyl (C=O) groups excluding carboxylic acids is 1. The average Bonchev–Trinajstić information content (AvgIpc) is 2.46. The van der Waals surface area contributed by atoms with E-state index >= 15 is 0 Å². The van der Waals surface area contributed by atoms with Crippen LogP contribution in [0.5, 0.6) is 0 Å². The van der Waals surface area contributed by atoms with E-state index in [1.54, 1.807) is 6.07 Å². The second-order valence-electron chi connectivity index (χ2n) is 4.63. The number of nitrogens with one attached hydrogen (secondary N) is 1. The van der Waals surface area contributed by atoms with Crippen LogP contribution in [0.15, 0.2) is 48.5 Å². The van der Waals surface area contributed by atoms with E-state index < -0.39 is 17.5 Å². The Morgan fingerprint density at radius 1 is 1.05 bits per heavy atom. The van der Waals surface area contributed by atoms with Gasteiger partial charge < -0.3 is 5.32 Å². The first kappa shape index (κ1) is 14.4. The first-order chi connectivity index (χ1) is 10.5. The summed E-state index contributed by atoms with van der Waals surface area (Å²) in [5.41, 5.74) is 0.789. The zero-order valence-corrected chi connectivity index (χ0v) is 11.9. The van der Waals surface area contributed by atoms with E-state index in [0.29, 0.717) is 16.6 Å². The van der Waals surface area contributed by atoms with E-state index in [1.807, 2.05) is 0 Å². The van der Waals surface area contributed by atoms with Crippen molar-refractivity contribution in [3.63, 3.8) is 0 Å². The van der Waals surface area contributed by atoms with E-state index in [-0.39, 0.29) is 10.7 Å². The van der Waals surface area contributed by atoms with Crippen molar-refractivity contribution in [1.29, 1.82) is 0 Å². The summed E-state index contributed by atoms with van der Waals surface area (Å²) in [5, 5.41) is 3.07. The van der Waals surface area contributed by atoms with Crippen molar-refractivity contribution < 1.29 is 13.6 Å². The lowest BCUT2D eigenvalue weighted by Gasteiger charge is -2.08. The molecule has 0 radical (unpaired) electrons. The molecule has 0 aliphatic rings. The van der Waals surface area contributed by atoms with E-state index in [9.17, 15) is 13.6 Å². The molecule has 0 bridgehead atoms. The van der Waals surface area contributed by atoms with Gasteiger partial charge in [0.05, 0.1) is 11.1 Å². The van der Waals surface area contributed by atoms with Crippen LogP contribution in [0, 0.1) is 11.6 Å². The van der Waals surface area contributed by atoms with Gasteiger partial charge in [-0.1, -0.05) is 17.7 Å². The molecule has 0 fully saturated rings. The maximum Gasteiger partial charge on any atom is 0.258 e. The zero-order valence-electron chi connectivity index (χ0n) is 11.1. The maximum atomic E-state index is 13.2. The Kier molecular flexibility index (Phi) is 3.73. The molecule has 3 rings (SSSR count). The van der Waals surface area contributed by atoms with Crippen LogP contribution in [-0.2, 0) is 0 Å². The van der Waals surface area contributed by atoms with Gasteiger partial charge in [0, 0.05) is 17.1 Å². The van der Waals surface area contributed by atoms with E-state index in [2.05, 4.69) is 10.3 Å². The summed E-state index contributed by atoms with van der Waals surface area (Å²) >= 11 is 5.98. The van der Waals surface area contributed by atoms with Crippen molar-refractivity contribution >= 4 is 34.1 Å². The molecule has 0 aliphatic heterocycles. The first-order valence-electron chi connectivity index (χ1n) is 6.36. The average molecular weight is 319 g/mol. The van der Waals surface area contributed by atoms with Gasteiger partial charge in [-0.2, -0.15) is 0 Å². The highest BCUT2D eigenvalue weighted by atomic mass is 35.5. The Morgan fingerprint density at radius 2 is 1.82 bits per heavy atom. The number of carbonyl (C=O) groups is 1. The molecule has 0 saturated carbocycles. The van der Waals surface area contributed by atoms with Gasteiger partial charge in [-0.05, 0) is 36.4 Å². The van der Waals surface area contributed by atoms with Crippen LogP contribution in [0.2, 0.25) is 5.15 Å². The molecule has 0 atom stereocenters. The molecule has 0 spiro atoms. The number of anilines is 1. The molecule has 0 saturated heterocycles. The Bertz CT molecular complexity index is 883. The van der Waals surface area contributed by atoms with Crippen LogP contribution in [0.1, 0.15) is 10.4 Å². The fourth-order valence-corrected chi connectivity index (χ4v) is 2.27. The molecular weight excluding hydrogens is 310 g/mol. The third kappa shape index (κ3) is 2.89. The third-order valence-corrected chi connectivity index (χ3v) is 3.35. The smallest absolute Gasteiger partial charge is 0.258 e. The van der Waals surface area contributed by atoms with Crippen LogP contribution < -0.4 is 5.32 Å². The Balaban J connectivity index is 1.96. The van der Waals surface area contributed by atoms with Gasteiger partial charge in [0.15, 0.2) is 0 Å². The van der Waals surface area contributed by atoms with Crippen LogP contribution in [-0.4, -0.2) is 10.9 Å². The molecular formula is C16H9ClF2N2O. The zero-order chi connectivity index (χ0) is 15.7. The number of rotatable bonds is 2. The number of fused-ring (bicyclic) bond motifs is 1. The summed E-state index contributed by atoms with van der Waals surface area (Å²) in [5.74, 6) is -1.42. The minimum absolute atomic E-state index is 0.0491. The summed E-state index contributed by atoms with van der Waals surface area (Å²) in [6.07, 6.45) is 0. The lowest BCUT2D eigenvalue weighted by atomic mass is 10.1. The molecule has 22 heavy (non-hydrogen) atoms. The fraction of sp³-hybridized carbons (Fsp3) is 0. The normalized spacial score (nSPS) is 10.7. The SMILES string of the molecule is O=C(Nc1cccc(F)c1)c1cc2ccc(F)cc2nc1Cl. The summed E-state index contributed by atoms with van der Waals surface area (Å²) < 4.78 is 26.3. The highest BCUT2D eigenvalue weighted by Crippen LogP contribution is 2.22. The summed E-state index contributed by atoms with van der Waals surface area (Å²) in [6.45, 7) is 0. The summed E-state index contributed by atoms with van der Waals surface area (Å²) in [6, 6.07) is 11.0. The molecule has 1 N–H and O–H groups in total. The Hall–Kier alpha value is -2.53. The Morgan fingerprint density at radius 3 is 2.59 bits per heavy atom. The van der Waals surface area contributed by atoms with Gasteiger partial charge >= 0.3 is 0 Å². The van der Waals surface area contributed by atoms with Crippen molar-refractivity contribution in [1.82, 2.24) is 4.98 Å². The van der Waals surface area contributed by atoms with Crippen molar-refractivity contribution in [3.05, 3.63) is 70.9 Å². The minimum atomic E-state index is -0.519. The van der Waals surface area contributed by atoms with Gasteiger partial charge in [-0.25, -0.2) is 13.8 Å². The fourth-order valence-electron chi connectivity index (χ4n) is 2.04. The number of aromatic nitrogens is 1. The second kappa shape index (κ2) is 5.69. The predicted octanol–water partition coefficient (Wildman–Crippen LogP) is 4.42. The van der Waals surface area contributed by atoms with Gasteiger partial charge in [-0.3, -0.25) is 4.79 Å². The molecule has 2 aromatic carbocycles. The molecule has 110 valence electrons. The number of halogens is 3. The van der Waals surface area contributed by atoms with Crippen molar-refractivity contribution in [3.8, 4) is 0 Å². The van der Waals surface area contributed by atoms with Crippen LogP contribution in [0.3, 0.4) is 0 Å². The number of nitrogens with zero attached hydrogens (tertiary/aromatic N) is 1. The quantitative estimate of drug-likeness (QED) is 0.711. The van der Waals surface area contributed by atoms with Crippen molar-refractivity contribution in [2.75, 3.05) is 5.32 Å². The standard InChI is InChI=1S/C16H9ClF2N2O/c17-15-13(6-9-4-5-11(19)8-14(9)21-15)16(22)20-12-3-1-2-10(18)7-12/h1-8H,(H,20,22). The molecule has 0 unspecified atom stereocenters. The number of hydrogen-bond donors (Lipinski definition) is 1. The van der Waals surface area contributed by atoms with Crippen LogP contribution in [0.25, 0.3) is 10.9 Å². The summed E-state index contributed by atoms with van der Waals surface area (Å²) in [4.78, 5) is 16.2. The van der Waals surface area contributed by atoms with Crippen LogP contribution in [0.4, 0.5) is 14.5 Å². The van der Waals surface area contributed by atoms with Crippen molar-refractivity contribution in [2.45, 2.75) is 0 Å². The minimum Gasteiger partial charge on any atom is -0.322 e. The largest absolute Gasteiger partial charge is 0.322 e. The molecule has 6 heteroatoms. The highest BCUT2D eigenvalue weighted by Gasteiger charge is 2.14. The monoisotopic (exact) mass is 318 g/mol. The molecule has 1 heterocycles. The van der Waals surface area contributed by atoms with Crippen LogP contribution >= 0.6 is 11.6 Å². The number of hydrogen-bond acceptors (Lipinski definition) is 2. The first-order valence-corrected chi connectivity index (χ1v) is 6.73. The lowest BCUT2D eigenvalue weighted by Crippen LogP contribution is -2.13. The number of amides is 1. The van der Waals surface area contributed by atoms with Gasteiger partial charge in [0.1, 0.15) is 16.8 Å². The van der Waals surface area contributed by atoms with E-state index in [1.165, 1.54) is 42.5 Å². The van der Waals surface area contributed by atoms with E-state index in [0.717, 1.165) is 0 Å². The molecule has 1 amide bonds. The topological polar surface area (TPSA) is 42.0 Å². The maximum absolute atomic E-state index is 13.2. The Labute approximate surface area is 129 Å². The van der Waals surface area contributed by atoms with Crippen molar-refractivity contribution in [2.24, 2.45) is 0 Å². The highest BCUT2D eigenvalue weighted by molar-refractivity contribution is 6.33. The molecule has 3 nitrogen and oxygen atoms in total. The molecule has 0 aliphatic carbocycles. The predicted molar refractivity (Wildman–Crippen MR) is 81.1 cm³/mol. The molecule has 1 aromatic heterocycles. The number of pyridine rings is 1. The van der Waals surface area contributed by atoms with Gasteiger partial charge in [0.2, 0.25) is 0 Å². The van der Waals surface area contributed by atoms with E-state index in [4.69, 9.17) is 11.6 Å². The summed E-state index contributed by atoms with van der Waals surface area (Å²) in [7, 11) is 0. The lowest BCUT2D eigenvalue weighted by molar-refractivity contribution is 0.102. The number of benzene rings is 2. The molecule has 3 aromatic rings. The second-order valence-corrected chi connectivity index (χ2v) is 4.99. The van der Waals surface area contributed by atoms with Gasteiger partial charge in [0.25, 0.3) is 5.91 Å². The van der Waals surface area contributed by atoms with Gasteiger partial charge in [-0.15, -0.1) is 0 Å². The third-order valence-electron chi connectivity index (χ3n) is 3.06.